The number of amides is 1. The summed E-state index contributed by atoms with van der Waals surface area (Å²) in [5.74, 6) is -1.60. The van der Waals surface area contributed by atoms with Crippen LogP contribution in [0.4, 0.5) is 0 Å². The smallest absolute Gasteiger partial charge is 0.328 e. The summed E-state index contributed by atoms with van der Waals surface area (Å²) in [7, 11) is 0. The standard InChI is InChI=1S/C12H17N3O5/c1-3-4-14(7-10(17)18)9(16)6-15-5-8(2)11(19)13-12(15)20/h5H,3-4,6-7H2,1-2H3,(H,17,18)(H,13,19,20). The van der Waals surface area contributed by atoms with Crippen molar-refractivity contribution < 1.29 is 14.7 Å². The molecule has 8 heteroatoms. The summed E-state index contributed by atoms with van der Waals surface area (Å²) in [4.78, 5) is 48.7. The predicted octanol–water partition coefficient (Wildman–Crippen LogP) is -0.832. The van der Waals surface area contributed by atoms with Gasteiger partial charge in [-0.1, -0.05) is 6.92 Å². The molecule has 20 heavy (non-hydrogen) atoms. The van der Waals surface area contributed by atoms with Gasteiger partial charge in [0.25, 0.3) is 5.56 Å². The number of aromatic amines is 1. The Morgan fingerprint density at radius 1 is 1.40 bits per heavy atom. The van der Waals surface area contributed by atoms with Gasteiger partial charge in [0.2, 0.25) is 5.91 Å². The minimum atomic E-state index is -1.11. The van der Waals surface area contributed by atoms with Gasteiger partial charge in [-0.25, -0.2) is 4.79 Å². The van der Waals surface area contributed by atoms with E-state index < -0.39 is 29.7 Å². The van der Waals surface area contributed by atoms with E-state index in [1.54, 1.807) is 0 Å². The van der Waals surface area contributed by atoms with Crippen LogP contribution in [-0.2, 0) is 16.1 Å². The second-order valence-electron chi connectivity index (χ2n) is 4.41. The molecule has 0 aromatic carbocycles. The number of rotatable bonds is 6. The van der Waals surface area contributed by atoms with Crippen molar-refractivity contribution >= 4 is 11.9 Å². The second-order valence-corrected chi connectivity index (χ2v) is 4.41. The first-order valence-electron chi connectivity index (χ1n) is 6.15. The first-order valence-corrected chi connectivity index (χ1v) is 6.15. The summed E-state index contributed by atoms with van der Waals surface area (Å²) in [5, 5.41) is 8.75. The highest BCUT2D eigenvalue weighted by Crippen LogP contribution is 1.96. The number of nitrogens with one attached hydrogen (secondary N) is 1. The topological polar surface area (TPSA) is 112 Å². The summed E-state index contributed by atoms with van der Waals surface area (Å²) in [6.07, 6.45) is 1.89. The van der Waals surface area contributed by atoms with E-state index in [2.05, 4.69) is 4.98 Å². The number of aliphatic carboxylic acids is 1. The number of hydrogen-bond acceptors (Lipinski definition) is 4. The van der Waals surface area contributed by atoms with Crippen molar-refractivity contribution in [1.29, 1.82) is 0 Å². The highest BCUT2D eigenvalue weighted by Gasteiger charge is 2.17. The molecular formula is C12H17N3O5. The van der Waals surface area contributed by atoms with Gasteiger partial charge in [-0.2, -0.15) is 0 Å². The zero-order chi connectivity index (χ0) is 15.3. The van der Waals surface area contributed by atoms with Gasteiger partial charge >= 0.3 is 11.7 Å². The van der Waals surface area contributed by atoms with E-state index in [4.69, 9.17) is 5.11 Å². The van der Waals surface area contributed by atoms with Crippen LogP contribution in [0, 0.1) is 6.92 Å². The lowest BCUT2D eigenvalue weighted by Gasteiger charge is -2.20. The molecule has 0 saturated carbocycles. The SMILES string of the molecule is CCCN(CC(=O)O)C(=O)Cn1cc(C)c(=O)[nH]c1=O. The summed E-state index contributed by atoms with van der Waals surface area (Å²) in [6.45, 7) is 2.91. The van der Waals surface area contributed by atoms with E-state index in [0.29, 0.717) is 18.5 Å². The average molecular weight is 283 g/mol. The van der Waals surface area contributed by atoms with Gasteiger partial charge in [0.1, 0.15) is 13.1 Å². The van der Waals surface area contributed by atoms with Crippen molar-refractivity contribution in [2.75, 3.05) is 13.1 Å². The Kier molecular flexibility index (Phi) is 5.24. The van der Waals surface area contributed by atoms with Crippen LogP contribution in [0.1, 0.15) is 18.9 Å². The van der Waals surface area contributed by atoms with Crippen LogP contribution in [-0.4, -0.2) is 44.5 Å². The fourth-order valence-corrected chi connectivity index (χ4v) is 1.71. The van der Waals surface area contributed by atoms with Crippen molar-refractivity contribution in [3.05, 3.63) is 32.6 Å². The summed E-state index contributed by atoms with van der Waals surface area (Å²) in [6, 6.07) is 0. The normalized spacial score (nSPS) is 10.3. The molecule has 0 unspecified atom stereocenters. The average Bonchev–Trinajstić information content (AvgIpc) is 2.34. The molecule has 1 aromatic rings. The summed E-state index contributed by atoms with van der Waals surface area (Å²) < 4.78 is 1.06. The third-order valence-corrected chi connectivity index (χ3v) is 2.67. The van der Waals surface area contributed by atoms with E-state index in [1.165, 1.54) is 13.1 Å². The Labute approximate surface area is 114 Å². The third kappa shape index (κ3) is 4.08. The number of carboxylic acid groups (broad SMARTS) is 1. The maximum atomic E-state index is 12.0. The highest BCUT2D eigenvalue weighted by molar-refractivity contribution is 5.81. The lowest BCUT2D eigenvalue weighted by atomic mass is 10.3. The number of aromatic nitrogens is 2. The molecule has 0 bridgehead atoms. The van der Waals surface area contributed by atoms with E-state index in [0.717, 1.165) is 9.47 Å². The molecule has 0 spiro atoms. The number of carbonyl (C=O) groups excluding carboxylic acids is 1. The van der Waals surface area contributed by atoms with Crippen molar-refractivity contribution in [3.8, 4) is 0 Å². The molecule has 1 rings (SSSR count). The maximum Gasteiger partial charge on any atom is 0.328 e. The summed E-state index contributed by atoms with van der Waals surface area (Å²) in [5.41, 5.74) is -0.895. The first kappa shape index (κ1) is 15.7. The van der Waals surface area contributed by atoms with Crippen molar-refractivity contribution in [1.82, 2.24) is 14.5 Å². The van der Waals surface area contributed by atoms with Crippen LogP contribution < -0.4 is 11.2 Å². The molecule has 0 aliphatic carbocycles. The molecular weight excluding hydrogens is 266 g/mol. The maximum absolute atomic E-state index is 12.0. The van der Waals surface area contributed by atoms with Crippen molar-refractivity contribution in [2.24, 2.45) is 0 Å². The van der Waals surface area contributed by atoms with Gasteiger partial charge in [-0.05, 0) is 13.3 Å². The number of carbonyl (C=O) groups is 2. The van der Waals surface area contributed by atoms with Crippen LogP contribution in [0.25, 0.3) is 0 Å². The summed E-state index contributed by atoms with van der Waals surface area (Å²) >= 11 is 0. The Morgan fingerprint density at radius 2 is 2.05 bits per heavy atom. The van der Waals surface area contributed by atoms with Crippen LogP contribution >= 0.6 is 0 Å². The Bertz CT molecular complexity index is 616. The predicted molar refractivity (Wildman–Crippen MR) is 70.6 cm³/mol. The molecule has 1 heterocycles. The van der Waals surface area contributed by atoms with E-state index in [1.807, 2.05) is 6.92 Å². The molecule has 0 aliphatic heterocycles. The Morgan fingerprint density at radius 3 is 2.60 bits per heavy atom. The lowest BCUT2D eigenvalue weighted by Crippen LogP contribution is -2.41. The fourth-order valence-electron chi connectivity index (χ4n) is 1.71. The molecule has 110 valence electrons. The highest BCUT2D eigenvalue weighted by atomic mass is 16.4. The van der Waals surface area contributed by atoms with Gasteiger partial charge in [0.05, 0.1) is 0 Å². The molecule has 8 nitrogen and oxygen atoms in total. The van der Waals surface area contributed by atoms with Crippen LogP contribution in [0.5, 0.6) is 0 Å². The van der Waals surface area contributed by atoms with Gasteiger partial charge in [0.15, 0.2) is 0 Å². The number of aryl methyl sites for hydroxylation is 1. The number of nitrogens with zero attached hydrogens (tertiary/aromatic N) is 2. The van der Waals surface area contributed by atoms with E-state index in [-0.39, 0.29) is 6.54 Å². The van der Waals surface area contributed by atoms with Gasteiger partial charge in [-0.3, -0.25) is 23.9 Å². The number of carboxylic acids is 1. The van der Waals surface area contributed by atoms with Gasteiger partial charge < -0.3 is 10.0 Å². The fraction of sp³-hybridized carbons (Fsp3) is 0.500. The van der Waals surface area contributed by atoms with E-state index in [9.17, 15) is 19.2 Å². The third-order valence-electron chi connectivity index (χ3n) is 2.67. The second kappa shape index (κ2) is 6.69. The molecule has 0 atom stereocenters. The molecule has 2 N–H and O–H groups in total. The Balaban J connectivity index is 2.93. The Hall–Kier alpha value is -2.38. The molecule has 1 aromatic heterocycles. The largest absolute Gasteiger partial charge is 0.480 e. The zero-order valence-corrected chi connectivity index (χ0v) is 11.4. The minimum absolute atomic E-state index is 0.294. The van der Waals surface area contributed by atoms with E-state index >= 15 is 0 Å². The quantitative estimate of drug-likeness (QED) is 0.707. The van der Waals surface area contributed by atoms with Gasteiger partial charge in [-0.15, -0.1) is 0 Å². The lowest BCUT2D eigenvalue weighted by molar-refractivity contribution is -0.144. The van der Waals surface area contributed by atoms with Crippen LogP contribution in [0.3, 0.4) is 0 Å². The van der Waals surface area contributed by atoms with Gasteiger partial charge in [0, 0.05) is 18.3 Å². The number of H-pyrrole nitrogens is 1. The first-order chi connectivity index (χ1) is 9.35. The van der Waals surface area contributed by atoms with Crippen LogP contribution in [0.15, 0.2) is 15.8 Å². The molecule has 1 amide bonds. The minimum Gasteiger partial charge on any atom is -0.480 e. The zero-order valence-electron chi connectivity index (χ0n) is 11.4. The molecule has 0 aliphatic rings. The van der Waals surface area contributed by atoms with Crippen molar-refractivity contribution in [3.63, 3.8) is 0 Å². The molecule has 0 radical (unpaired) electrons. The molecule has 0 saturated heterocycles. The van der Waals surface area contributed by atoms with Crippen LogP contribution in [0.2, 0.25) is 0 Å². The number of hydrogen-bond donors (Lipinski definition) is 2. The monoisotopic (exact) mass is 283 g/mol. The van der Waals surface area contributed by atoms with Crippen molar-refractivity contribution in [2.45, 2.75) is 26.8 Å². The molecule has 0 fully saturated rings.